The Morgan fingerprint density at radius 2 is 1.85 bits per heavy atom. The molecule has 0 aromatic heterocycles. The molecule has 4 nitrogen and oxygen atoms in total. The van der Waals surface area contributed by atoms with Crippen LogP contribution in [0.5, 0.6) is 0 Å². The summed E-state index contributed by atoms with van der Waals surface area (Å²) >= 11 is 0. The summed E-state index contributed by atoms with van der Waals surface area (Å²) in [5.41, 5.74) is -0.539. The molecule has 0 amide bonds. The zero-order chi connectivity index (χ0) is 14.6. The molecule has 2 heterocycles. The van der Waals surface area contributed by atoms with Gasteiger partial charge in [-0.2, -0.15) is 0 Å². The number of hydrogen-bond acceptors (Lipinski definition) is 4. The van der Waals surface area contributed by atoms with Gasteiger partial charge in [0.15, 0.2) is 6.29 Å². The van der Waals surface area contributed by atoms with Crippen molar-refractivity contribution in [3.05, 3.63) is 12.1 Å². The van der Waals surface area contributed by atoms with E-state index in [-0.39, 0.29) is 24.6 Å². The Labute approximate surface area is 122 Å². The van der Waals surface area contributed by atoms with Crippen LogP contribution in [0.15, 0.2) is 12.1 Å². The van der Waals surface area contributed by atoms with Crippen molar-refractivity contribution in [1.29, 1.82) is 0 Å². The Balaban J connectivity index is 1.64. The summed E-state index contributed by atoms with van der Waals surface area (Å²) in [6.45, 7) is 9.75. The lowest BCUT2D eigenvalue weighted by molar-refractivity contribution is -0.161. The Bertz CT molecular complexity index is 319. The first-order valence-electron chi connectivity index (χ1n) is 7.66. The third-order valence-electron chi connectivity index (χ3n) is 4.29. The van der Waals surface area contributed by atoms with E-state index in [2.05, 4.69) is 33.8 Å². The van der Waals surface area contributed by atoms with Gasteiger partial charge >= 0.3 is 7.12 Å². The summed E-state index contributed by atoms with van der Waals surface area (Å²) in [5, 5.41) is 0. The molecule has 0 radical (unpaired) electrons. The van der Waals surface area contributed by atoms with Gasteiger partial charge in [-0.05, 0) is 53.4 Å². The average Bonchev–Trinajstić information content (AvgIpc) is 2.58. The minimum atomic E-state index is -0.269. The highest BCUT2D eigenvalue weighted by atomic mass is 16.7. The summed E-state index contributed by atoms with van der Waals surface area (Å²) in [4.78, 5) is 0. The average molecular weight is 282 g/mol. The Hall–Kier alpha value is -0.355. The van der Waals surface area contributed by atoms with Gasteiger partial charge < -0.3 is 18.8 Å². The fraction of sp³-hybridized carbons (Fsp3) is 0.867. The molecular formula is C15H27BO4. The van der Waals surface area contributed by atoms with E-state index in [9.17, 15) is 0 Å². The van der Waals surface area contributed by atoms with Crippen molar-refractivity contribution in [3.63, 3.8) is 0 Å². The summed E-state index contributed by atoms with van der Waals surface area (Å²) in [6, 6.07) is 0. The largest absolute Gasteiger partial charge is 0.486 e. The second-order valence-corrected chi connectivity index (χ2v) is 6.51. The number of rotatable bonds is 5. The quantitative estimate of drug-likeness (QED) is 0.573. The molecule has 0 bridgehead atoms. The van der Waals surface area contributed by atoms with Crippen LogP contribution in [-0.2, 0) is 18.8 Å². The minimum Gasteiger partial charge on any atom is -0.400 e. The van der Waals surface area contributed by atoms with E-state index >= 15 is 0 Å². The maximum Gasteiger partial charge on any atom is 0.486 e. The molecule has 0 aromatic rings. The first-order valence-corrected chi connectivity index (χ1v) is 7.66. The molecule has 0 saturated carbocycles. The van der Waals surface area contributed by atoms with Crippen molar-refractivity contribution in [2.75, 3.05) is 13.2 Å². The molecule has 2 rings (SSSR count). The summed E-state index contributed by atoms with van der Waals surface area (Å²) in [6.07, 6.45) is 6.28. The predicted molar refractivity (Wildman–Crippen MR) is 79.4 cm³/mol. The molecule has 0 N–H and O–H groups in total. The highest BCUT2D eigenvalue weighted by molar-refractivity contribution is 6.51. The Morgan fingerprint density at radius 3 is 2.45 bits per heavy atom. The lowest BCUT2D eigenvalue weighted by Crippen LogP contribution is -2.41. The molecule has 2 aliphatic rings. The van der Waals surface area contributed by atoms with Crippen LogP contribution in [-0.4, -0.2) is 37.8 Å². The van der Waals surface area contributed by atoms with Crippen LogP contribution in [0.25, 0.3) is 0 Å². The van der Waals surface area contributed by atoms with Crippen molar-refractivity contribution in [1.82, 2.24) is 0 Å². The fourth-order valence-corrected chi connectivity index (χ4v) is 2.28. The van der Waals surface area contributed by atoms with Crippen molar-refractivity contribution >= 4 is 7.12 Å². The second kappa shape index (κ2) is 6.61. The molecule has 2 saturated heterocycles. The highest BCUT2D eigenvalue weighted by Gasteiger charge is 2.49. The van der Waals surface area contributed by atoms with Gasteiger partial charge in [0.2, 0.25) is 0 Å². The van der Waals surface area contributed by atoms with Crippen LogP contribution in [0.2, 0.25) is 0 Å². The van der Waals surface area contributed by atoms with Gasteiger partial charge in [-0.3, -0.25) is 0 Å². The molecule has 1 unspecified atom stereocenters. The molecule has 5 heteroatoms. The first kappa shape index (κ1) is 16.0. The van der Waals surface area contributed by atoms with Gasteiger partial charge in [-0.1, -0.05) is 12.1 Å². The summed E-state index contributed by atoms with van der Waals surface area (Å²) in [5.74, 6) is 1.97. The van der Waals surface area contributed by atoms with E-state index in [0.29, 0.717) is 6.61 Å². The second-order valence-electron chi connectivity index (χ2n) is 6.51. The monoisotopic (exact) mass is 282 g/mol. The van der Waals surface area contributed by atoms with Gasteiger partial charge in [0.25, 0.3) is 0 Å². The van der Waals surface area contributed by atoms with E-state index in [1.165, 1.54) is 6.42 Å². The predicted octanol–water partition coefficient (Wildman–Crippen LogP) is 3.11. The maximum atomic E-state index is 5.89. The van der Waals surface area contributed by atoms with Crippen molar-refractivity contribution in [3.8, 4) is 0 Å². The van der Waals surface area contributed by atoms with Crippen molar-refractivity contribution in [2.24, 2.45) is 0 Å². The van der Waals surface area contributed by atoms with Gasteiger partial charge in [0.05, 0.1) is 17.8 Å². The fourth-order valence-electron chi connectivity index (χ4n) is 2.28. The molecule has 2 aliphatic heterocycles. The molecule has 1 atom stereocenters. The SMILES string of the molecule is CC1(C)OB(C=CCCOC2CCCCO2)OC1(C)C. The zero-order valence-electron chi connectivity index (χ0n) is 13.2. The lowest BCUT2D eigenvalue weighted by atomic mass is 9.90. The Kier molecular flexibility index (Phi) is 5.29. The number of ether oxygens (including phenoxy) is 2. The van der Waals surface area contributed by atoms with Crippen molar-refractivity contribution < 1.29 is 18.8 Å². The molecule has 0 aliphatic carbocycles. The van der Waals surface area contributed by atoms with Crippen LogP contribution in [0, 0.1) is 0 Å². The minimum absolute atomic E-state index is 0.00556. The lowest BCUT2D eigenvalue weighted by Gasteiger charge is -2.32. The first-order chi connectivity index (χ1) is 9.41. The Morgan fingerprint density at radius 1 is 1.15 bits per heavy atom. The molecular weight excluding hydrogens is 255 g/mol. The van der Waals surface area contributed by atoms with Gasteiger partial charge in [0, 0.05) is 6.61 Å². The third kappa shape index (κ3) is 4.07. The van der Waals surface area contributed by atoms with E-state index in [1.54, 1.807) is 0 Å². The normalized spacial score (nSPS) is 29.2. The van der Waals surface area contributed by atoms with Crippen molar-refractivity contribution in [2.45, 2.75) is 70.9 Å². The summed E-state index contributed by atoms with van der Waals surface area (Å²) < 4.78 is 23.0. The van der Waals surface area contributed by atoms with Gasteiger partial charge in [-0.15, -0.1) is 0 Å². The third-order valence-corrected chi connectivity index (χ3v) is 4.29. The van der Waals surface area contributed by atoms with Crippen LogP contribution in [0.1, 0.15) is 53.4 Å². The van der Waals surface area contributed by atoms with Crippen LogP contribution in [0.4, 0.5) is 0 Å². The number of hydrogen-bond donors (Lipinski definition) is 0. The van der Waals surface area contributed by atoms with Crippen LogP contribution >= 0.6 is 0 Å². The van der Waals surface area contributed by atoms with E-state index < -0.39 is 0 Å². The maximum absolute atomic E-state index is 5.89. The molecule has 0 spiro atoms. The van der Waals surface area contributed by atoms with Crippen LogP contribution in [0.3, 0.4) is 0 Å². The molecule has 2 fully saturated rings. The van der Waals surface area contributed by atoms with Crippen LogP contribution < -0.4 is 0 Å². The van der Waals surface area contributed by atoms with Gasteiger partial charge in [-0.25, -0.2) is 0 Å². The standard InChI is InChI=1S/C15H27BO4/c1-14(2)15(3,4)20-16(19-14)10-6-8-12-18-13-9-5-7-11-17-13/h6,10,13H,5,7-9,11-12H2,1-4H3. The van der Waals surface area contributed by atoms with E-state index in [0.717, 1.165) is 25.9 Å². The van der Waals surface area contributed by atoms with E-state index in [1.807, 2.05) is 5.98 Å². The van der Waals surface area contributed by atoms with E-state index in [4.69, 9.17) is 18.8 Å². The highest BCUT2D eigenvalue weighted by Crippen LogP contribution is 2.36. The molecule has 0 aromatic carbocycles. The smallest absolute Gasteiger partial charge is 0.400 e. The van der Waals surface area contributed by atoms with Gasteiger partial charge in [0.1, 0.15) is 0 Å². The molecule has 114 valence electrons. The summed E-state index contributed by atoms with van der Waals surface area (Å²) in [7, 11) is -0.258. The zero-order valence-corrected chi connectivity index (χ0v) is 13.2. The molecule has 20 heavy (non-hydrogen) atoms. The topological polar surface area (TPSA) is 36.9 Å².